The SMILES string of the molecule is Cc1cc(=O)[nH]c2cc(OCCCCN3CCC(c4noc5cc(F)ccc45)CC3)ccc12. The number of aromatic amines is 1. The Morgan fingerprint density at radius 2 is 1.94 bits per heavy atom. The summed E-state index contributed by atoms with van der Waals surface area (Å²) in [6, 6.07) is 12.1. The second-order valence-corrected chi connectivity index (χ2v) is 8.90. The summed E-state index contributed by atoms with van der Waals surface area (Å²) in [7, 11) is 0. The molecule has 2 aromatic carbocycles. The van der Waals surface area contributed by atoms with Crippen LogP contribution in [0.4, 0.5) is 4.39 Å². The summed E-state index contributed by atoms with van der Waals surface area (Å²) in [6.45, 7) is 5.69. The molecule has 1 aliphatic heterocycles. The molecule has 1 N–H and O–H groups in total. The molecule has 0 spiro atoms. The molecule has 1 aliphatic rings. The molecule has 5 rings (SSSR count). The highest BCUT2D eigenvalue weighted by Gasteiger charge is 2.24. The van der Waals surface area contributed by atoms with Crippen molar-refractivity contribution in [2.24, 2.45) is 0 Å². The molecule has 1 fully saturated rings. The van der Waals surface area contributed by atoms with Gasteiger partial charge in [0.15, 0.2) is 5.58 Å². The van der Waals surface area contributed by atoms with Crippen molar-refractivity contribution >= 4 is 21.9 Å². The number of aromatic nitrogens is 2. The van der Waals surface area contributed by atoms with Gasteiger partial charge < -0.3 is 19.1 Å². The quantitative estimate of drug-likeness (QED) is 0.395. The summed E-state index contributed by atoms with van der Waals surface area (Å²) >= 11 is 0. The van der Waals surface area contributed by atoms with Gasteiger partial charge in [-0.25, -0.2) is 4.39 Å². The fraction of sp³-hybridized carbons (Fsp3) is 0.385. The minimum absolute atomic E-state index is 0.0912. The van der Waals surface area contributed by atoms with Gasteiger partial charge in [-0.15, -0.1) is 0 Å². The molecule has 0 aliphatic carbocycles. The van der Waals surface area contributed by atoms with Gasteiger partial charge in [-0.05, 0) is 82.1 Å². The normalized spacial score (nSPS) is 15.5. The number of hydrogen-bond acceptors (Lipinski definition) is 5. The third kappa shape index (κ3) is 4.78. The lowest BCUT2D eigenvalue weighted by atomic mass is 9.91. The number of rotatable bonds is 7. The molecular formula is C26H28FN3O3. The maximum absolute atomic E-state index is 13.4. The van der Waals surface area contributed by atoms with Crippen LogP contribution >= 0.6 is 0 Å². The molecule has 0 atom stereocenters. The second kappa shape index (κ2) is 9.35. The highest BCUT2D eigenvalue weighted by atomic mass is 19.1. The van der Waals surface area contributed by atoms with Crippen molar-refractivity contribution in [2.75, 3.05) is 26.2 Å². The number of benzene rings is 2. The Balaban J connectivity index is 1.06. The number of aryl methyl sites for hydroxylation is 1. The number of nitrogens with one attached hydrogen (secondary N) is 1. The zero-order valence-corrected chi connectivity index (χ0v) is 18.8. The molecule has 6 nitrogen and oxygen atoms in total. The van der Waals surface area contributed by atoms with E-state index in [0.717, 1.165) is 78.6 Å². The Bertz CT molecular complexity index is 1320. The zero-order valence-electron chi connectivity index (χ0n) is 18.8. The highest BCUT2D eigenvalue weighted by molar-refractivity contribution is 5.83. The number of H-pyrrole nitrogens is 1. The van der Waals surface area contributed by atoms with Crippen LogP contribution in [0.15, 0.2) is 51.8 Å². The number of pyridine rings is 1. The van der Waals surface area contributed by atoms with Crippen LogP contribution in [0.25, 0.3) is 21.9 Å². The highest BCUT2D eigenvalue weighted by Crippen LogP contribution is 2.32. The lowest BCUT2D eigenvalue weighted by molar-refractivity contribution is 0.199. The number of likely N-dealkylation sites (tertiary alicyclic amines) is 1. The van der Waals surface area contributed by atoms with Gasteiger partial charge in [-0.2, -0.15) is 0 Å². The average molecular weight is 450 g/mol. The van der Waals surface area contributed by atoms with E-state index < -0.39 is 0 Å². The van der Waals surface area contributed by atoms with Crippen molar-refractivity contribution in [3.05, 3.63) is 69.9 Å². The summed E-state index contributed by atoms with van der Waals surface area (Å²) < 4.78 is 24.6. The van der Waals surface area contributed by atoms with Crippen LogP contribution in [0.5, 0.6) is 5.75 Å². The Morgan fingerprint density at radius 1 is 1.12 bits per heavy atom. The monoisotopic (exact) mass is 449 g/mol. The second-order valence-electron chi connectivity index (χ2n) is 8.90. The van der Waals surface area contributed by atoms with Gasteiger partial charge in [0.2, 0.25) is 5.56 Å². The van der Waals surface area contributed by atoms with E-state index in [1.165, 1.54) is 12.1 Å². The van der Waals surface area contributed by atoms with E-state index in [4.69, 9.17) is 9.26 Å². The van der Waals surface area contributed by atoms with Crippen molar-refractivity contribution < 1.29 is 13.7 Å². The van der Waals surface area contributed by atoms with Gasteiger partial charge in [-0.3, -0.25) is 4.79 Å². The summed E-state index contributed by atoms with van der Waals surface area (Å²) in [5.41, 5.74) is 3.18. The molecule has 0 unspecified atom stereocenters. The van der Waals surface area contributed by atoms with Gasteiger partial charge in [0, 0.05) is 34.9 Å². The molecular weight excluding hydrogens is 421 g/mol. The zero-order chi connectivity index (χ0) is 22.8. The van der Waals surface area contributed by atoms with E-state index in [2.05, 4.69) is 15.0 Å². The summed E-state index contributed by atoms with van der Waals surface area (Å²) in [6.07, 6.45) is 4.11. The largest absolute Gasteiger partial charge is 0.494 e. The van der Waals surface area contributed by atoms with Crippen LogP contribution < -0.4 is 10.3 Å². The van der Waals surface area contributed by atoms with Crippen molar-refractivity contribution in [1.82, 2.24) is 15.0 Å². The standard InChI is InChI=1S/C26H28FN3O3/c1-17-14-25(31)28-23-16-20(5-7-21(17)23)32-13-3-2-10-30-11-8-18(9-12-30)26-22-6-4-19(27)15-24(22)33-29-26/h4-7,14-16,18H,2-3,8-13H2,1H3,(H,28,31). The third-order valence-corrected chi connectivity index (χ3v) is 6.59. The number of ether oxygens (including phenoxy) is 1. The Hall–Kier alpha value is -3.19. The van der Waals surface area contributed by atoms with Crippen LogP contribution in [0, 0.1) is 12.7 Å². The number of halogens is 1. The smallest absolute Gasteiger partial charge is 0.248 e. The van der Waals surface area contributed by atoms with E-state index in [-0.39, 0.29) is 11.4 Å². The van der Waals surface area contributed by atoms with E-state index >= 15 is 0 Å². The number of hydrogen-bond donors (Lipinski definition) is 1. The molecule has 0 amide bonds. The molecule has 1 saturated heterocycles. The van der Waals surface area contributed by atoms with E-state index in [1.807, 2.05) is 25.1 Å². The van der Waals surface area contributed by atoms with Crippen molar-refractivity contribution in [3.63, 3.8) is 0 Å². The molecule has 33 heavy (non-hydrogen) atoms. The minimum Gasteiger partial charge on any atom is -0.494 e. The van der Waals surface area contributed by atoms with Crippen molar-refractivity contribution in [3.8, 4) is 5.75 Å². The summed E-state index contributed by atoms with van der Waals surface area (Å²) in [5, 5.41) is 6.20. The van der Waals surface area contributed by atoms with Crippen LogP contribution in [0.1, 0.15) is 42.9 Å². The number of nitrogens with zero attached hydrogens (tertiary/aromatic N) is 2. The van der Waals surface area contributed by atoms with Gasteiger partial charge in [0.05, 0.1) is 17.8 Å². The Kier molecular flexibility index (Phi) is 6.13. The van der Waals surface area contributed by atoms with Crippen molar-refractivity contribution in [2.45, 2.75) is 38.5 Å². The lowest BCUT2D eigenvalue weighted by Crippen LogP contribution is -2.34. The van der Waals surface area contributed by atoms with Crippen molar-refractivity contribution in [1.29, 1.82) is 0 Å². The number of fused-ring (bicyclic) bond motifs is 2. The third-order valence-electron chi connectivity index (χ3n) is 6.59. The van der Waals surface area contributed by atoms with Gasteiger partial charge in [-0.1, -0.05) is 5.16 Å². The molecule has 0 radical (unpaired) electrons. The van der Waals surface area contributed by atoms with E-state index in [9.17, 15) is 9.18 Å². The fourth-order valence-electron chi connectivity index (χ4n) is 4.79. The maximum Gasteiger partial charge on any atom is 0.248 e. The lowest BCUT2D eigenvalue weighted by Gasteiger charge is -2.31. The van der Waals surface area contributed by atoms with Crippen LogP contribution in [-0.2, 0) is 0 Å². The fourth-order valence-corrected chi connectivity index (χ4v) is 4.79. The predicted molar refractivity (Wildman–Crippen MR) is 126 cm³/mol. The van der Waals surface area contributed by atoms with Gasteiger partial charge in [0.1, 0.15) is 11.6 Å². The van der Waals surface area contributed by atoms with Crippen LogP contribution in [0.2, 0.25) is 0 Å². The molecule has 3 heterocycles. The summed E-state index contributed by atoms with van der Waals surface area (Å²) in [4.78, 5) is 17.1. The number of unbranched alkanes of at least 4 members (excludes halogenated alkanes) is 1. The topological polar surface area (TPSA) is 71.4 Å². The first kappa shape index (κ1) is 21.6. The maximum atomic E-state index is 13.4. The Morgan fingerprint density at radius 3 is 2.79 bits per heavy atom. The Labute approximate surface area is 191 Å². The van der Waals surface area contributed by atoms with E-state index in [1.54, 1.807) is 12.1 Å². The number of piperidine rings is 1. The molecule has 0 saturated carbocycles. The molecule has 7 heteroatoms. The molecule has 0 bridgehead atoms. The first-order valence-corrected chi connectivity index (χ1v) is 11.6. The first-order chi connectivity index (χ1) is 16.1. The van der Waals surface area contributed by atoms with Gasteiger partial charge >= 0.3 is 0 Å². The predicted octanol–water partition coefficient (Wildman–Crippen LogP) is 5.16. The summed E-state index contributed by atoms with van der Waals surface area (Å²) in [5.74, 6) is 0.846. The minimum atomic E-state index is -0.297. The molecule has 172 valence electrons. The molecule has 2 aromatic heterocycles. The molecule has 4 aromatic rings. The van der Waals surface area contributed by atoms with Crippen LogP contribution in [0.3, 0.4) is 0 Å². The first-order valence-electron chi connectivity index (χ1n) is 11.6. The average Bonchev–Trinajstić information content (AvgIpc) is 3.22. The van der Waals surface area contributed by atoms with Gasteiger partial charge in [0.25, 0.3) is 0 Å². The van der Waals surface area contributed by atoms with E-state index in [0.29, 0.717) is 18.1 Å². The van der Waals surface area contributed by atoms with Crippen LogP contribution in [-0.4, -0.2) is 41.3 Å².